The van der Waals surface area contributed by atoms with Gasteiger partial charge in [0.25, 0.3) is 5.91 Å². The number of likely N-dealkylation sites (tertiary alicyclic amines) is 1. The van der Waals surface area contributed by atoms with Crippen LogP contribution in [0.4, 0.5) is 0 Å². The van der Waals surface area contributed by atoms with Gasteiger partial charge >= 0.3 is 0 Å². The Bertz CT molecular complexity index is 926. The number of carbonyl (C=O) groups excluding carboxylic acids is 2. The Balaban J connectivity index is 1.19. The number of piperidine rings is 1. The lowest BCUT2D eigenvalue weighted by Gasteiger charge is -2.32. The van der Waals surface area contributed by atoms with Crippen molar-refractivity contribution in [2.45, 2.75) is 50.2 Å². The molecule has 1 heterocycles. The molecule has 5 nitrogen and oxygen atoms in total. The number of amides is 2. The predicted molar refractivity (Wildman–Crippen MR) is 114 cm³/mol. The molecule has 2 aromatic carbocycles. The molecule has 2 amide bonds. The molecule has 3 fully saturated rings. The molecular weight excluding hydrogens is 376 g/mol. The summed E-state index contributed by atoms with van der Waals surface area (Å²) in [5.74, 6) is 1.26. The van der Waals surface area contributed by atoms with Gasteiger partial charge in [0.2, 0.25) is 5.91 Å². The highest BCUT2D eigenvalue weighted by atomic mass is 16.5. The molecule has 30 heavy (non-hydrogen) atoms. The quantitative estimate of drug-likeness (QED) is 0.795. The maximum Gasteiger partial charge on any atom is 0.252 e. The largest absolute Gasteiger partial charge is 0.490 e. The van der Waals surface area contributed by atoms with Gasteiger partial charge in [0, 0.05) is 37.4 Å². The number of benzene rings is 2. The van der Waals surface area contributed by atoms with Crippen molar-refractivity contribution in [1.29, 1.82) is 0 Å². The maximum absolute atomic E-state index is 12.9. The molecule has 0 radical (unpaired) electrons. The molecule has 2 aliphatic carbocycles. The van der Waals surface area contributed by atoms with Gasteiger partial charge in [0.15, 0.2) is 0 Å². The summed E-state index contributed by atoms with van der Waals surface area (Å²) in [6, 6.07) is 17.6. The first-order valence-corrected chi connectivity index (χ1v) is 11.1. The minimum Gasteiger partial charge on any atom is -0.490 e. The minimum atomic E-state index is -0.226. The van der Waals surface area contributed by atoms with E-state index in [1.165, 1.54) is 5.56 Å². The van der Waals surface area contributed by atoms with E-state index in [0.29, 0.717) is 11.5 Å². The molecule has 0 unspecified atom stereocenters. The molecule has 0 bridgehead atoms. The summed E-state index contributed by atoms with van der Waals surface area (Å²) in [4.78, 5) is 27.1. The molecule has 2 aromatic rings. The van der Waals surface area contributed by atoms with Crippen LogP contribution in [-0.4, -0.2) is 35.9 Å². The second-order valence-electron chi connectivity index (χ2n) is 8.85. The predicted octanol–water partition coefficient (Wildman–Crippen LogP) is 3.89. The van der Waals surface area contributed by atoms with Crippen molar-refractivity contribution in [3.8, 4) is 5.75 Å². The summed E-state index contributed by atoms with van der Waals surface area (Å²) in [6.45, 7) is 1.53. The van der Waals surface area contributed by atoms with E-state index < -0.39 is 0 Å². The van der Waals surface area contributed by atoms with Crippen LogP contribution in [-0.2, 0) is 10.3 Å². The van der Waals surface area contributed by atoms with Crippen molar-refractivity contribution >= 4 is 11.8 Å². The fraction of sp³-hybridized carbons (Fsp3) is 0.440. The fourth-order valence-electron chi connectivity index (χ4n) is 4.34. The summed E-state index contributed by atoms with van der Waals surface area (Å²) in [7, 11) is 0. The van der Waals surface area contributed by atoms with E-state index in [-0.39, 0.29) is 23.5 Å². The fourth-order valence-corrected chi connectivity index (χ4v) is 4.34. The van der Waals surface area contributed by atoms with Crippen LogP contribution in [0.1, 0.15) is 54.4 Å². The van der Waals surface area contributed by atoms with Crippen molar-refractivity contribution in [1.82, 2.24) is 10.2 Å². The second-order valence-corrected chi connectivity index (χ2v) is 8.85. The van der Waals surface area contributed by atoms with Crippen LogP contribution in [0.5, 0.6) is 5.75 Å². The highest BCUT2D eigenvalue weighted by molar-refractivity contribution is 5.95. The average Bonchev–Trinajstić information content (AvgIpc) is 3.70. The Labute approximate surface area is 177 Å². The van der Waals surface area contributed by atoms with Gasteiger partial charge in [-0.3, -0.25) is 9.59 Å². The lowest BCUT2D eigenvalue weighted by atomic mass is 10.0. The molecule has 0 spiro atoms. The molecule has 156 valence electrons. The van der Waals surface area contributed by atoms with Gasteiger partial charge in [-0.15, -0.1) is 0 Å². The summed E-state index contributed by atoms with van der Waals surface area (Å²) < 4.78 is 6.16. The first-order chi connectivity index (χ1) is 14.6. The molecule has 1 aliphatic heterocycles. The standard InChI is InChI=1S/C25H28N2O3/c28-23(26-25(13-14-25)20-6-2-1-3-7-20)19-5-4-8-22(17-19)30-21-11-15-27(16-12-21)24(29)18-9-10-18/h1-8,17-18,21H,9-16H2,(H,26,28). The van der Waals surface area contributed by atoms with Crippen molar-refractivity contribution in [3.63, 3.8) is 0 Å². The number of rotatable bonds is 6. The van der Waals surface area contributed by atoms with Crippen LogP contribution < -0.4 is 10.1 Å². The first-order valence-electron chi connectivity index (χ1n) is 11.1. The number of hydrogen-bond acceptors (Lipinski definition) is 3. The van der Waals surface area contributed by atoms with Gasteiger partial charge in [-0.1, -0.05) is 36.4 Å². The van der Waals surface area contributed by atoms with E-state index in [4.69, 9.17) is 4.74 Å². The van der Waals surface area contributed by atoms with E-state index in [0.717, 1.165) is 57.4 Å². The zero-order valence-corrected chi connectivity index (χ0v) is 17.2. The molecule has 3 aliphatic rings. The topological polar surface area (TPSA) is 58.6 Å². The molecular formula is C25H28N2O3. The second kappa shape index (κ2) is 7.78. The van der Waals surface area contributed by atoms with E-state index in [9.17, 15) is 9.59 Å². The number of ether oxygens (including phenoxy) is 1. The third-order valence-electron chi connectivity index (χ3n) is 6.51. The smallest absolute Gasteiger partial charge is 0.252 e. The van der Waals surface area contributed by atoms with Crippen molar-refractivity contribution in [2.24, 2.45) is 5.92 Å². The van der Waals surface area contributed by atoms with E-state index in [2.05, 4.69) is 17.4 Å². The maximum atomic E-state index is 12.9. The van der Waals surface area contributed by atoms with Crippen molar-refractivity contribution in [2.75, 3.05) is 13.1 Å². The molecule has 0 aromatic heterocycles. The zero-order chi connectivity index (χ0) is 20.6. The third kappa shape index (κ3) is 4.07. The van der Waals surface area contributed by atoms with Crippen molar-refractivity contribution in [3.05, 3.63) is 65.7 Å². The van der Waals surface area contributed by atoms with Gasteiger partial charge < -0.3 is 15.0 Å². The molecule has 0 atom stereocenters. The third-order valence-corrected chi connectivity index (χ3v) is 6.51. The lowest BCUT2D eigenvalue weighted by Crippen LogP contribution is -2.42. The Hall–Kier alpha value is -2.82. The molecule has 1 saturated heterocycles. The highest BCUT2D eigenvalue weighted by Gasteiger charge is 2.45. The molecule has 1 N–H and O–H groups in total. The number of carbonyl (C=O) groups is 2. The summed E-state index contributed by atoms with van der Waals surface area (Å²) in [5, 5.41) is 3.23. The Morgan fingerprint density at radius 3 is 2.33 bits per heavy atom. The zero-order valence-electron chi connectivity index (χ0n) is 17.2. The average molecular weight is 405 g/mol. The van der Waals surface area contributed by atoms with Crippen LogP contribution in [0.2, 0.25) is 0 Å². The van der Waals surface area contributed by atoms with Crippen LogP contribution in [0, 0.1) is 5.92 Å². The van der Waals surface area contributed by atoms with Crippen LogP contribution in [0.25, 0.3) is 0 Å². The van der Waals surface area contributed by atoms with Crippen LogP contribution in [0.3, 0.4) is 0 Å². The highest BCUT2D eigenvalue weighted by Crippen LogP contribution is 2.45. The van der Waals surface area contributed by atoms with Gasteiger partial charge in [-0.05, 0) is 49.4 Å². The minimum absolute atomic E-state index is 0.0633. The normalized spacial score (nSPS) is 20.5. The number of nitrogens with zero attached hydrogens (tertiary/aromatic N) is 1. The van der Waals surface area contributed by atoms with Crippen molar-refractivity contribution < 1.29 is 14.3 Å². The molecule has 5 rings (SSSR count). The van der Waals surface area contributed by atoms with Gasteiger partial charge in [-0.25, -0.2) is 0 Å². The van der Waals surface area contributed by atoms with Gasteiger partial charge in [-0.2, -0.15) is 0 Å². The molecule has 2 saturated carbocycles. The Kier molecular flexibility index (Phi) is 4.97. The molecule has 5 heteroatoms. The van der Waals surface area contributed by atoms with Gasteiger partial charge in [0.1, 0.15) is 11.9 Å². The summed E-state index contributed by atoms with van der Waals surface area (Å²) in [5.41, 5.74) is 1.56. The van der Waals surface area contributed by atoms with E-state index in [1.807, 2.05) is 47.4 Å². The summed E-state index contributed by atoms with van der Waals surface area (Å²) in [6.07, 6.45) is 5.81. The van der Waals surface area contributed by atoms with Crippen LogP contribution >= 0.6 is 0 Å². The number of hydrogen-bond donors (Lipinski definition) is 1. The van der Waals surface area contributed by atoms with Gasteiger partial charge in [0.05, 0.1) is 5.54 Å². The lowest BCUT2D eigenvalue weighted by molar-refractivity contribution is -0.134. The first kappa shape index (κ1) is 19.2. The van der Waals surface area contributed by atoms with Crippen LogP contribution in [0.15, 0.2) is 54.6 Å². The summed E-state index contributed by atoms with van der Waals surface area (Å²) >= 11 is 0. The van der Waals surface area contributed by atoms with E-state index >= 15 is 0 Å². The Morgan fingerprint density at radius 1 is 0.933 bits per heavy atom. The SMILES string of the molecule is O=C(NC1(c2ccccc2)CC1)c1cccc(OC2CCN(C(=O)C3CC3)CC2)c1. The van der Waals surface area contributed by atoms with E-state index in [1.54, 1.807) is 0 Å². The number of nitrogens with one attached hydrogen (secondary N) is 1. The Morgan fingerprint density at radius 2 is 1.67 bits per heavy atom. The monoisotopic (exact) mass is 404 g/mol.